The number of hydrogen-bond acceptors (Lipinski definition) is 5. The predicted molar refractivity (Wildman–Crippen MR) is 87.4 cm³/mol. The van der Waals surface area contributed by atoms with Gasteiger partial charge in [0.25, 0.3) is 0 Å². The molecule has 0 spiro atoms. The van der Waals surface area contributed by atoms with Crippen molar-refractivity contribution in [2.24, 2.45) is 4.99 Å². The van der Waals surface area contributed by atoms with Gasteiger partial charge in [0.05, 0.1) is 13.7 Å². The van der Waals surface area contributed by atoms with Gasteiger partial charge in [0.1, 0.15) is 6.61 Å². The molecule has 1 aliphatic heterocycles. The highest BCUT2D eigenvalue weighted by Crippen LogP contribution is 2.32. The van der Waals surface area contributed by atoms with E-state index < -0.39 is 0 Å². The molecule has 0 amide bonds. The quantitative estimate of drug-likeness (QED) is 0.643. The number of nitrogens with zero attached hydrogens (tertiary/aromatic N) is 1. The van der Waals surface area contributed by atoms with E-state index in [4.69, 9.17) is 9.47 Å². The van der Waals surface area contributed by atoms with Crippen LogP contribution in [0, 0.1) is 0 Å². The van der Waals surface area contributed by atoms with Gasteiger partial charge in [-0.1, -0.05) is 42.5 Å². The third-order valence-electron chi connectivity index (χ3n) is 3.34. The summed E-state index contributed by atoms with van der Waals surface area (Å²) in [6, 6.07) is 15.8. The van der Waals surface area contributed by atoms with Gasteiger partial charge in [0.2, 0.25) is 5.96 Å². The van der Waals surface area contributed by atoms with Gasteiger partial charge < -0.3 is 9.47 Å². The second-order valence-electron chi connectivity index (χ2n) is 4.89. The minimum Gasteiger partial charge on any atom is -0.493 e. The molecule has 2 aromatic rings. The average molecular weight is 313 g/mol. The van der Waals surface area contributed by atoms with Gasteiger partial charge in [0.15, 0.2) is 11.5 Å². The lowest BCUT2D eigenvalue weighted by Gasteiger charge is -2.14. The largest absolute Gasteiger partial charge is 0.493 e. The Balaban J connectivity index is 1.77. The van der Waals surface area contributed by atoms with E-state index in [1.54, 1.807) is 7.11 Å². The summed E-state index contributed by atoms with van der Waals surface area (Å²) in [4.78, 5) is 4.42. The number of para-hydroxylation sites is 1. The summed E-state index contributed by atoms with van der Waals surface area (Å²) < 4.78 is 11.4. The summed E-state index contributed by atoms with van der Waals surface area (Å²) in [6.45, 7) is 0.935. The van der Waals surface area contributed by atoms with Gasteiger partial charge in [-0.3, -0.25) is 10.9 Å². The van der Waals surface area contributed by atoms with Crippen LogP contribution in [-0.4, -0.2) is 13.1 Å². The van der Waals surface area contributed by atoms with Gasteiger partial charge in [0, 0.05) is 5.56 Å². The third-order valence-corrected chi connectivity index (χ3v) is 3.34. The average Bonchev–Trinajstić information content (AvgIpc) is 3.12. The minimum absolute atomic E-state index is 0.458. The van der Waals surface area contributed by atoms with Crippen LogP contribution in [0.3, 0.4) is 0 Å². The molecule has 1 heterocycles. The second kappa shape index (κ2) is 7.48. The number of methoxy groups -OCH3 is 1. The highest BCUT2D eigenvalue weighted by Gasteiger charge is 2.12. The standard InChI is InChI=1S/C16H19N5O2/c1-22-14-9-5-8-13(10-17-16-18-20-21-19-16)15(14)23-11-12-6-3-2-4-7-12/h2-9,20-21H,10-11H2,1H3,(H2,17,18,19). The second-order valence-corrected chi connectivity index (χ2v) is 4.89. The minimum atomic E-state index is 0.458. The molecule has 0 bridgehead atoms. The normalized spacial score (nSPS) is 13.2. The molecule has 1 aliphatic rings. The van der Waals surface area contributed by atoms with Gasteiger partial charge in [-0.05, 0) is 11.6 Å². The molecule has 0 unspecified atom stereocenters. The number of rotatable bonds is 6. The molecule has 120 valence electrons. The summed E-state index contributed by atoms with van der Waals surface area (Å²) in [5, 5.41) is 0. The Morgan fingerprint density at radius 3 is 2.48 bits per heavy atom. The zero-order valence-electron chi connectivity index (χ0n) is 12.8. The highest BCUT2D eigenvalue weighted by molar-refractivity contribution is 5.79. The molecule has 1 fully saturated rings. The first-order chi connectivity index (χ1) is 11.4. The maximum atomic E-state index is 5.99. The fourth-order valence-electron chi connectivity index (χ4n) is 2.20. The maximum Gasteiger partial charge on any atom is 0.223 e. The van der Waals surface area contributed by atoms with Crippen LogP contribution in [0.5, 0.6) is 11.5 Å². The van der Waals surface area contributed by atoms with Crippen molar-refractivity contribution in [2.75, 3.05) is 7.11 Å². The lowest BCUT2D eigenvalue weighted by Crippen LogP contribution is -2.33. The molecule has 0 aliphatic carbocycles. The SMILES string of the molecule is COc1cccc(CN=C2NNNN2)c1OCc1ccccc1. The van der Waals surface area contributed by atoms with Crippen molar-refractivity contribution < 1.29 is 9.47 Å². The number of aliphatic imine (C=N–C) groups is 1. The van der Waals surface area contributed by atoms with E-state index in [2.05, 4.69) is 26.9 Å². The van der Waals surface area contributed by atoms with Gasteiger partial charge in [-0.25, -0.2) is 4.99 Å². The third kappa shape index (κ3) is 3.91. The molecule has 1 saturated heterocycles. The van der Waals surface area contributed by atoms with Crippen molar-refractivity contribution in [3.8, 4) is 11.5 Å². The Bertz CT molecular complexity index is 667. The molecule has 2 aromatic carbocycles. The number of guanidine groups is 1. The lowest BCUT2D eigenvalue weighted by molar-refractivity contribution is 0.281. The first-order valence-corrected chi connectivity index (χ1v) is 7.26. The van der Waals surface area contributed by atoms with E-state index >= 15 is 0 Å². The molecule has 4 N–H and O–H groups in total. The van der Waals surface area contributed by atoms with Gasteiger partial charge in [-0.2, -0.15) is 11.1 Å². The summed E-state index contributed by atoms with van der Waals surface area (Å²) in [7, 11) is 1.63. The number of nitrogens with one attached hydrogen (secondary N) is 4. The Hall–Kier alpha value is -2.77. The number of hydrogen-bond donors (Lipinski definition) is 4. The molecule has 23 heavy (non-hydrogen) atoms. The number of benzene rings is 2. The van der Waals surface area contributed by atoms with Crippen molar-refractivity contribution >= 4 is 5.96 Å². The zero-order valence-corrected chi connectivity index (χ0v) is 12.8. The van der Waals surface area contributed by atoms with Crippen LogP contribution in [0.25, 0.3) is 0 Å². The summed E-state index contributed by atoms with van der Waals surface area (Å²) >= 11 is 0. The van der Waals surface area contributed by atoms with Crippen LogP contribution in [0.15, 0.2) is 53.5 Å². The molecule has 3 rings (SSSR count). The van der Waals surface area contributed by atoms with Crippen molar-refractivity contribution in [2.45, 2.75) is 13.2 Å². The van der Waals surface area contributed by atoms with Crippen LogP contribution in [0.4, 0.5) is 0 Å². The van der Waals surface area contributed by atoms with Crippen molar-refractivity contribution in [1.82, 2.24) is 21.9 Å². The molecule has 7 heteroatoms. The Morgan fingerprint density at radius 1 is 0.957 bits per heavy atom. The van der Waals surface area contributed by atoms with Crippen molar-refractivity contribution in [3.63, 3.8) is 0 Å². The van der Waals surface area contributed by atoms with Crippen molar-refractivity contribution in [3.05, 3.63) is 59.7 Å². The highest BCUT2D eigenvalue weighted by atomic mass is 16.5. The molecular formula is C16H19N5O2. The fourth-order valence-corrected chi connectivity index (χ4v) is 2.20. The Kier molecular flexibility index (Phi) is 4.92. The summed E-state index contributed by atoms with van der Waals surface area (Å²) in [5.74, 6) is 2.02. The predicted octanol–water partition coefficient (Wildman–Crippen LogP) is 1.25. The molecule has 0 radical (unpaired) electrons. The first kappa shape index (κ1) is 15.1. The summed E-state index contributed by atoms with van der Waals surface area (Å²) in [5.41, 5.74) is 13.1. The van der Waals surface area contributed by atoms with E-state index in [9.17, 15) is 0 Å². The molecule has 0 atom stereocenters. The van der Waals surface area contributed by atoms with E-state index in [0.29, 0.717) is 30.6 Å². The maximum absolute atomic E-state index is 5.99. The summed E-state index contributed by atoms with van der Waals surface area (Å²) in [6.07, 6.45) is 0. The van der Waals surface area contributed by atoms with Gasteiger partial charge in [-0.15, -0.1) is 0 Å². The molecule has 7 nitrogen and oxygen atoms in total. The topological polar surface area (TPSA) is 78.9 Å². The lowest BCUT2D eigenvalue weighted by atomic mass is 10.2. The van der Waals surface area contributed by atoms with E-state index in [0.717, 1.165) is 11.1 Å². The van der Waals surface area contributed by atoms with Crippen LogP contribution >= 0.6 is 0 Å². The molecule has 0 saturated carbocycles. The monoisotopic (exact) mass is 313 g/mol. The van der Waals surface area contributed by atoms with E-state index in [1.165, 1.54) is 0 Å². The fraction of sp³-hybridized carbons (Fsp3) is 0.188. The molecular weight excluding hydrogens is 294 g/mol. The van der Waals surface area contributed by atoms with Crippen LogP contribution < -0.4 is 31.4 Å². The first-order valence-electron chi connectivity index (χ1n) is 7.26. The van der Waals surface area contributed by atoms with E-state index in [-0.39, 0.29) is 0 Å². The Morgan fingerprint density at radius 2 is 1.74 bits per heavy atom. The Labute approximate surface area is 134 Å². The van der Waals surface area contributed by atoms with Crippen LogP contribution in [0.2, 0.25) is 0 Å². The molecule has 0 aromatic heterocycles. The van der Waals surface area contributed by atoms with Crippen LogP contribution in [0.1, 0.15) is 11.1 Å². The number of ether oxygens (including phenoxy) is 2. The zero-order chi connectivity index (χ0) is 15.9. The number of hydrazine groups is 3. The van der Waals surface area contributed by atoms with Gasteiger partial charge >= 0.3 is 0 Å². The van der Waals surface area contributed by atoms with Crippen LogP contribution in [-0.2, 0) is 13.2 Å². The van der Waals surface area contributed by atoms with E-state index in [1.807, 2.05) is 48.5 Å². The van der Waals surface area contributed by atoms with Crippen molar-refractivity contribution in [1.29, 1.82) is 0 Å². The smallest absolute Gasteiger partial charge is 0.223 e.